The summed E-state index contributed by atoms with van der Waals surface area (Å²) in [5, 5.41) is 6.57. The molecule has 1 aromatic heterocycles. The van der Waals surface area contributed by atoms with Crippen LogP contribution in [-0.2, 0) is 11.3 Å². The number of amides is 1. The van der Waals surface area contributed by atoms with Crippen molar-refractivity contribution in [3.8, 4) is 5.75 Å². The number of carbonyl (C=O) groups excluding carboxylic acids is 1. The van der Waals surface area contributed by atoms with Gasteiger partial charge in [0.05, 0.1) is 24.9 Å². The minimum Gasteiger partial charge on any atom is -0.494 e. The van der Waals surface area contributed by atoms with Crippen molar-refractivity contribution in [1.82, 2.24) is 25.1 Å². The number of nitrogens with zero attached hydrogens (tertiary/aromatic N) is 3. The molecule has 2 aliphatic heterocycles. The first kappa shape index (κ1) is 22.3. The molecule has 4 rings (SSSR count). The zero-order valence-corrected chi connectivity index (χ0v) is 18.7. The number of likely N-dealkylation sites (N-methyl/N-ethyl adjacent to an activating group) is 1. The minimum absolute atomic E-state index is 0.0455. The summed E-state index contributed by atoms with van der Waals surface area (Å²) >= 11 is 0. The van der Waals surface area contributed by atoms with Crippen LogP contribution in [0.5, 0.6) is 5.75 Å². The van der Waals surface area contributed by atoms with Gasteiger partial charge in [0.25, 0.3) is 5.56 Å². The van der Waals surface area contributed by atoms with Gasteiger partial charge in [0.2, 0.25) is 11.5 Å². The van der Waals surface area contributed by atoms with Gasteiger partial charge in [-0.1, -0.05) is 13.0 Å². The number of piperazine rings is 1. The Hall–Kier alpha value is -2.91. The SMILES string of the molecule is C=c1c(=O)[nH]c2n1Cc1cc(OCCCCCC(C(=O)NC)N3CCNCC3)ccc1N=2. The average molecular weight is 441 g/mol. The van der Waals surface area contributed by atoms with E-state index >= 15 is 0 Å². The van der Waals surface area contributed by atoms with Crippen molar-refractivity contribution in [2.75, 3.05) is 39.8 Å². The van der Waals surface area contributed by atoms with Crippen molar-refractivity contribution in [3.63, 3.8) is 0 Å². The van der Waals surface area contributed by atoms with Crippen LogP contribution in [-0.4, -0.2) is 66.2 Å². The standard InChI is InChI=1S/C23H32N6O3/c1-16-21(30)27-23-26-19-8-7-18(14-17(19)15-29(16)23)32-13-5-3-4-6-20(22(31)24-2)28-11-9-25-10-12-28/h7-8,14,20,25H,1,3-6,9-13,15H2,2H3,(H,24,31)(H,26,27,30). The van der Waals surface area contributed by atoms with E-state index < -0.39 is 0 Å². The highest BCUT2D eigenvalue weighted by Crippen LogP contribution is 2.26. The number of aromatic amines is 1. The molecular formula is C23H32N6O3. The highest BCUT2D eigenvalue weighted by Gasteiger charge is 2.25. The largest absolute Gasteiger partial charge is 0.494 e. The Balaban J connectivity index is 1.24. The fraction of sp³-hybridized carbons (Fsp3) is 0.522. The molecule has 32 heavy (non-hydrogen) atoms. The lowest BCUT2D eigenvalue weighted by molar-refractivity contribution is -0.126. The summed E-state index contributed by atoms with van der Waals surface area (Å²) in [6, 6.07) is 5.77. The smallest absolute Gasteiger partial charge is 0.274 e. The van der Waals surface area contributed by atoms with Crippen molar-refractivity contribution in [2.45, 2.75) is 38.3 Å². The summed E-state index contributed by atoms with van der Waals surface area (Å²) in [5.74, 6) is 0.913. The number of hydrogen-bond donors (Lipinski definition) is 3. The number of ether oxygens (including phenoxy) is 1. The molecule has 172 valence electrons. The van der Waals surface area contributed by atoms with Crippen LogP contribution in [0.1, 0.15) is 31.2 Å². The van der Waals surface area contributed by atoms with Gasteiger partial charge in [-0.3, -0.25) is 19.5 Å². The predicted octanol–water partition coefficient (Wildman–Crippen LogP) is -0.141. The Bertz CT molecular complexity index is 1120. The van der Waals surface area contributed by atoms with Gasteiger partial charge >= 0.3 is 0 Å². The third-order valence-electron chi connectivity index (χ3n) is 6.21. The molecule has 1 amide bonds. The first-order chi connectivity index (χ1) is 15.6. The van der Waals surface area contributed by atoms with Crippen molar-refractivity contribution in [3.05, 3.63) is 45.1 Å². The van der Waals surface area contributed by atoms with E-state index in [1.807, 2.05) is 18.2 Å². The summed E-state index contributed by atoms with van der Waals surface area (Å²) in [5.41, 5.74) is 2.18. The first-order valence-corrected chi connectivity index (χ1v) is 11.4. The number of H-pyrrole nitrogens is 1. The minimum atomic E-state index is -0.205. The molecule has 1 aromatic carbocycles. The number of hydrogen-bond acceptors (Lipinski definition) is 6. The molecule has 1 atom stereocenters. The lowest BCUT2D eigenvalue weighted by Gasteiger charge is -2.33. The van der Waals surface area contributed by atoms with E-state index in [0.717, 1.165) is 68.9 Å². The Kier molecular flexibility index (Phi) is 7.06. The zero-order chi connectivity index (χ0) is 22.5. The van der Waals surface area contributed by atoms with Gasteiger partial charge in [0.15, 0.2) is 0 Å². The van der Waals surface area contributed by atoms with Crippen LogP contribution in [0.15, 0.2) is 28.0 Å². The van der Waals surface area contributed by atoms with Gasteiger partial charge in [0, 0.05) is 38.8 Å². The second-order valence-electron chi connectivity index (χ2n) is 8.33. The van der Waals surface area contributed by atoms with Gasteiger partial charge in [-0.05, 0) is 37.5 Å². The molecule has 9 nitrogen and oxygen atoms in total. The van der Waals surface area contributed by atoms with Crippen molar-refractivity contribution in [1.29, 1.82) is 0 Å². The van der Waals surface area contributed by atoms with Crippen LogP contribution >= 0.6 is 0 Å². The molecule has 3 heterocycles. The van der Waals surface area contributed by atoms with E-state index in [9.17, 15) is 9.59 Å². The van der Waals surface area contributed by atoms with Crippen LogP contribution in [0.3, 0.4) is 0 Å². The molecule has 0 spiro atoms. The molecule has 1 saturated heterocycles. The Morgan fingerprint density at radius 2 is 2.09 bits per heavy atom. The predicted molar refractivity (Wildman–Crippen MR) is 123 cm³/mol. The molecule has 9 heteroatoms. The molecule has 3 N–H and O–H groups in total. The van der Waals surface area contributed by atoms with E-state index in [2.05, 4.69) is 32.1 Å². The van der Waals surface area contributed by atoms with Gasteiger partial charge in [-0.2, -0.15) is 0 Å². The number of fused-ring (bicyclic) bond motifs is 2. The van der Waals surface area contributed by atoms with E-state index in [-0.39, 0.29) is 17.5 Å². The molecule has 2 aromatic rings. The number of carbonyl (C=O) groups is 1. The van der Waals surface area contributed by atoms with Gasteiger partial charge in [0.1, 0.15) is 11.1 Å². The zero-order valence-electron chi connectivity index (χ0n) is 18.7. The fourth-order valence-corrected chi connectivity index (χ4v) is 4.37. The Labute approximate surface area is 187 Å². The van der Waals surface area contributed by atoms with Gasteiger partial charge in [-0.15, -0.1) is 0 Å². The molecule has 2 aliphatic rings. The number of nitrogens with one attached hydrogen (secondary N) is 3. The van der Waals surface area contributed by atoms with E-state index in [1.165, 1.54) is 0 Å². The molecule has 1 fully saturated rings. The van der Waals surface area contributed by atoms with Gasteiger partial charge < -0.3 is 19.9 Å². The normalized spacial score (nSPS) is 16.5. The lowest BCUT2D eigenvalue weighted by atomic mass is 10.1. The molecule has 1 unspecified atom stereocenters. The molecule has 0 radical (unpaired) electrons. The van der Waals surface area contributed by atoms with E-state index in [4.69, 9.17) is 4.74 Å². The van der Waals surface area contributed by atoms with Crippen LogP contribution < -0.4 is 31.9 Å². The highest BCUT2D eigenvalue weighted by atomic mass is 16.5. The van der Waals surface area contributed by atoms with Crippen LogP contribution in [0, 0.1) is 0 Å². The monoisotopic (exact) mass is 440 g/mol. The summed E-state index contributed by atoms with van der Waals surface area (Å²) < 4.78 is 7.74. The van der Waals surface area contributed by atoms with E-state index in [0.29, 0.717) is 24.1 Å². The summed E-state index contributed by atoms with van der Waals surface area (Å²) in [6.07, 6.45) is 3.80. The summed E-state index contributed by atoms with van der Waals surface area (Å²) in [4.78, 5) is 33.6. The van der Waals surface area contributed by atoms with Crippen molar-refractivity contribution < 1.29 is 9.53 Å². The maximum Gasteiger partial charge on any atom is 0.274 e. The lowest BCUT2D eigenvalue weighted by Crippen LogP contribution is -2.53. The number of unbranched alkanes of at least 4 members (excludes halogenated alkanes) is 2. The van der Waals surface area contributed by atoms with Crippen molar-refractivity contribution >= 4 is 18.2 Å². The Morgan fingerprint density at radius 3 is 2.88 bits per heavy atom. The third kappa shape index (κ3) is 4.94. The van der Waals surface area contributed by atoms with Crippen LogP contribution in [0.2, 0.25) is 0 Å². The van der Waals surface area contributed by atoms with Gasteiger partial charge in [-0.25, -0.2) is 4.99 Å². The topological polar surface area (TPSA) is 104 Å². The summed E-state index contributed by atoms with van der Waals surface area (Å²) in [6.45, 7) is 8.71. The molecule has 0 bridgehead atoms. The fourth-order valence-electron chi connectivity index (χ4n) is 4.37. The number of rotatable bonds is 9. The average Bonchev–Trinajstić information content (AvgIpc) is 3.09. The highest BCUT2D eigenvalue weighted by molar-refractivity contribution is 5.81. The third-order valence-corrected chi connectivity index (χ3v) is 6.21. The van der Waals surface area contributed by atoms with Crippen molar-refractivity contribution in [2.24, 2.45) is 4.99 Å². The van der Waals surface area contributed by atoms with E-state index in [1.54, 1.807) is 11.6 Å². The Morgan fingerprint density at radius 1 is 1.28 bits per heavy atom. The molecular weight excluding hydrogens is 408 g/mol. The second kappa shape index (κ2) is 10.1. The number of imidazole rings is 1. The first-order valence-electron chi connectivity index (χ1n) is 11.4. The maximum atomic E-state index is 12.3. The number of aromatic nitrogens is 2. The molecule has 0 aliphatic carbocycles. The number of benzene rings is 1. The quantitative estimate of drug-likeness (QED) is 0.402. The van der Waals surface area contributed by atoms with Crippen LogP contribution in [0.4, 0.5) is 5.69 Å². The maximum absolute atomic E-state index is 12.3. The molecule has 0 saturated carbocycles. The van der Waals surface area contributed by atoms with Crippen LogP contribution in [0.25, 0.3) is 6.58 Å². The summed E-state index contributed by atoms with van der Waals surface area (Å²) in [7, 11) is 1.71. The second-order valence-corrected chi connectivity index (χ2v) is 8.33.